The molecule has 1 saturated heterocycles. The van der Waals surface area contributed by atoms with Crippen molar-refractivity contribution in [1.82, 2.24) is 14.6 Å². The average molecular weight is 673 g/mol. The van der Waals surface area contributed by atoms with Crippen molar-refractivity contribution in [2.24, 2.45) is 5.92 Å². The SMILES string of the molecule is Cc1cn([C@H]2CO[C@@H](COP(=O)(N[C@@H](CCC(C)C)C(=O)OC3CCCCC3)Oc3ccc(Br)cc3)O2)c(=O)[nH]c1=O. The second-order valence-electron chi connectivity index (χ2n) is 11.0. The van der Waals surface area contributed by atoms with Crippen LogP contribution in [0.2, 0.25) is 0 Å². The van der Waals surface area contributed by atoms with Crippen LogP contribution in [-0.2, 0) is 28.1 Å². The Labute approximate surface area is 253 Å². The lowest BCUT2D eigenvalue weighted by Gasteiger charge is -2.28. The molecular formula is C28H39BrN3O9P. The van der Waals surface area contributed by atoms with Crippen LogP contribution in [0.25, 0.3) is 0 Å². The van der Waals surface area contributed by atoms with Crippen LogP contribution in [0.1, 0.15) is 70.6 Å². The van der Waals surface area contributed by atoms with Crippen LogP contribution >= 0.6 is 23.7 Å². The first kappa shape index (κ1) is 32.6. The highest BCUT2D eigenvalue weighted by molar-refractivity contribution is 9.10. The van der Waals surface area contributed by atoms with Crippen LogP contribution in [0, 0.1) is 12.8 Å². The third-order valence-corrected chi connectivity index (χ3v) is 9.17. The molecule has 4 atom stereocenters. The lowest BCUT2D eigenvalue weighted by atomic mass is 9.97. The number of carbonyl (C=O) groups excluding carboxylic acids is 1. The summed E-state index contributed by atoms with van der Waals surface area (Å²) >= 11 is 3.37. The van der Waals surface area contributed by atoms with E-state index in [0.717, 1.165) is 36.6 Å². The number of benzene rings is 1. The highest BCUT2D eigenvalue weighted by Gasteiger charge is 2.38. The van der Waals surface area contributed by atoms with Gasteiger partial charge < -0.3 is 18.7 Å². The van der Waals surface area contributed by atoms with Gasteiger partial charge in [-0.2, -0.15) is 5.09 Å². The molecule has 1 aromatic heterocycles. The Kier molecular flexibility index (Phi) is 11.6. The molecular weight excluding hydrogens is 633 g/mol. The number of nitrogens with zero attached hydrogens (tertiary/aromatic N) is 1. The fourth-order valence-corrected chi connectivity index (χ4v) is 6.49. The summed E-state index contributed by atoms with van der Waals surface area (Å²) in [5.41, 5.74) is -0.792. The highest BCUT2D eigenvalue weighted by Crippen LogP contribution is 2.46. The molecule has 1 unspecified atom stereocenters. The first-order chi connectivity index (χ1) is 20.0. The van der Waals surface area contributed by atoms with Gasteiger partial charge in [-0.25, -0.2) is 9.36 Å². The first-order valence-corrected chi connectivity index (χ1v) is 16.6. The molecule has 0 amide bonds. The lowest BCUT2D eigenvalue weighted by molar-refractivity contribution is -0.153. The number of esters is 1. The summed E-state index contributed by atoms with van der Waals surface area (Å²) in [6.45, 7) is 5.32. The Morgan fingerprint density at radius 1 is 1.17 bits per heavy atom. The number of aryl methyl sites for hydroxylation is 1. The van der Waals surface area contributed by atoms with Crippen LogP contribution in [0.3, 0.4) is 0 Å². The van der Waals surface area contributed by atoms with Crippen LogP contribution in [0.5, 0.6) is 5.75 Å². The standard InChI is InChI=1S/C28H39BrN3O9P/c1-18(2)9-14-23(27(34)39-21-7-5-4-6-8-21)31-42(36,41-22-12-10-20(29)11-13-22)38-17-25-37-16-24(40-25)32-15-19(3)26(33)30-28(32)35/h10-13,15,18,21,23-25H,4-9,14,16-17H2,1-3H3,(H,31,36)(H,30,33,35)/t23-,24+,25+,42?/m0/s1. The number of H-pyrrole nitrogens is 1. The van der Waals surface area contributed by atoms with Gasteiger partial charge in [0.05, 0.1) is 6.61 Å². The van der Waals surface area contributed by atoms with Crippen molar-refractivity contribution in [2.75, 3.05) is 13.2 Å². The molecule has 0 spiro atoms. The summed E-state index contributed by atoms with van der Waals surface area (Å²) in [6, 6.07) is 5.76. The summed E-state index contributed by atoms with van der Waals surface area (Å²) < 4.78 is 45.1. The molecule has 2 heterocycles. The number of rotatable bonds is 13. The Balaban J connectivity index is 1.49. The van der Waals surface area contributed by atoms with Gasteiger partial charge in [0.15, 0.2) is 12.5 Å². The molecule has 2 aromatic rings. The number of carbonyl (C=O) groups is 1. The van der Waals surface area contributed by atoms with E-state index in [4.69, 9.17) is 23.3 Å². The molecule has 1 aliphatic carbocycles. The van der Waals surface area contributed by atoms with Gasteiger partial charge in [0, 0.05) is 16.2 Å². The van der Waals surface area contributed by atoms with Gasteiger partial charge in [0.1, 0.15) is 24.5 Å². The van der Waals surface area contributed by atoms with Gasteiger partial charge in [-0.15, -0.1) is 0 Å². The van der Waals surface area contributed by atoms with E-state index in [2.05, 4.69) is 26.0 Å². The zero-order valence-corrected chi connectivity index (χ0v) is 26.6. The number of aromatic amines is 1. The molecule has 0 bridgehead atoms. The smallest absolute Gasteiger partial charge is 0.459 e. The second-order valence-corrected chi connectivity index (χ2v) is 13.6. The molecule has 0 radical (unpaired) electrons. The molecule has 2 N–H and O–H groups in total. The number of aromatic nitrogens is 2. The third kappa shape index (κ3) is 9.36. The topological polar surface area (TPSA) is 147 Å². The van der Waals surface area contributed by atoms with E-state index < -0.39 is 43.5 Å². The Hall–Kier alpha value is -2.28. The minimum absolute atomic E-state index is 0.00452. The number of nitrogens with one attached hydrogen (secondary N) is 2. The minimum atomic E-state index is -4.19. The number of ether oxygens (including phenoxy) is 3. The predicted octanol–water partition coefficient (Wildman–Crippen LogP) is 4.95. The maximum Gasteiger partial charge on any atom is 0.459 e. The van der Waals surface area contributed by atoms with Gasteiger partial charge in [-0.05, 0) is 75.6 Å². The maximum absolute atomic E-state index is 14.2. The monoisotopic (exact) mass is 671 g/mol. The number of hydrogen-bond donors (Lipinski definition) is 2. The molecule has 14 heteroatoms. The average Bonchev–Trinajstić information content (AvgIpc) is 3.43. The van der Waals surface area contributed by atoms with Crippen LogP contribution < -0.4 is 20.9 Å². The molecule has 1 aromatic carbocycles. The van der Waals surface area contributed by atoms with Crippen molar-refractivity contribution in [3.8, 4) is 5.75 Å². The lowest BCUT2D eigenvalue weighted by Crippen LogP contribution is -2.40. The second kappa shape index (κ2) is 14.9. The van der Waals surface area contributed by atoms with Crippen LogP contribution in [-0.4, -0.2) is 47.2 Å². The summed E-state index contributed by atoms with van der Waals surface area (Å²) in [6.07, 6.45) is 5.18. The van der Waals surface area contributed by atoms with Crippen LogP contribution in [0.15, 0.2) is 44.5 Å². The predicted molar refractivity (Wildman–Crippen MR) is 158 cm³/mol. The zero-order chi connectivity index (χ0) is 30.3. The van der Waals surface area contributed by atoms with Crippen molar-refractivity contribution in [2.45, 2.75) is 90.4 Å². The molecule has 2 aliphatic rings. The Bertz CT molecular complexity index is 1360. The quantitative estimate of drug-likeness (QED) is 0.221. The molecule has 42 heavy (non-hydrogen) atoms. The molecule has 1 aliphatic heterocycles. The fourth-order valence-electron chi connectivity index (χ4n) is 4.72. The van der Waals surface area contributed by atoms with Crippen molar-refractivity contribution >= 4 is 29.6 Å². The van der Waals surface area contributed by atoms with Crippen LogP contribution in [0.4, 0.5) is 0 Å². The summed E-state index contributed by atoms with van der Waals surface area (Å²) in [7, 11) is -4.19. The molecule has 232 valence electrons. The Morgan fingerprint density at radius 3 is 2.57 bits per heavy atom. The van der Waals surface area contributed by atoms with Crippen molar-refractivity contribution in [1.29, 1.82) is 0 Å². The fraction of sp³-hybridized carbons (Fsp3) is 0.607. The highest BCUT2D eigenvalue weighted by atomic mass is 79.9. The molecule has 1 saturated carbocycles. The van der Waals surface area contributed by atoms with E-state index in [9.17, 15) is 18.9 Å². The minimum Gasteiger partial charge on any atom is -0.461 e. The van der Waals surface area contributed by atoms with E-state index in [-0.39, 0.29) is 25.1 Å². The molecule has 2 fully saturated rings. The van der Waals surface area contributed by atoms with Gasteiger partial charge in [-0.3, -0.25) is 23.7 Å². The zero-order valence-electron chi connectivity index (χ0n) is 24.1. The normalized spacial score (nSPS) is 21.6. The largest absolute Gasteiger partial charge is 0.461 e. The van der Waals surface area contributed by atoms with Crippen molar-refractivity contribution in [3.05, 3.63) is 61.3 Å². The van der Waals surface area contributed by atoms with Gasteiger partial charge in [0.2, 0.25) is 0 Å². The van der Waals surface area contributed by atoms with E-state index in [1.807, 2.05) is 13.8 Å². The van der Waals surface area contributed by atoms with Gasteiger partial charge in [-0.1, -0.05) is 36.2 Å². The van der Waals surface area contributed by atoms with Gasteiger partial charge in [0.25, 0.3) is 5.56 Å². The summed E-state index contributed by atoms with van der Waals surface area (Å²) in [4.78, 5) is 39.6. The third-order valence-electron chi connectivity index (χ3n) is 7.08. The Morgan fingerprint density at radius 2 is 1.88 bits per heavy atom. The van der Waals surface area contributed by atoms with Crippen molar-refractivity contribution in [3.63, 3.8) is 0 Å². The van der Waals surface area contributed by atoms with E-state index in [1.54, 1.807) is 31.2 Å². The number of hydrogen-bond acceptors (Lipinski definition) is 9. The summed E-state index contributed by atoms with van der Waals surface area (Å²) in [5, 5.41) is 2.85. The maximum atomic E-state index is 14.2. The first-order valence-electron chi connectivity index (χ1n) is 14.3. The van der Waals surface area contributed by atoms with E-state index in [0.29, 0.717) is 24.3 Å². The number of halogens is 1. The molecule has 4 rings (SSSR count). The van der Waals surface area contributed by atoms with Crippen molar-refractivity contribution < 1.29 is 32.6 Å². The molecule has 12 nitrogen and oxygen atoms in total. The van der Waals surface area contributed by atoms with E-state index >= 15 is 0 Å². The van der Waals surface area contributed by atoms with E-state index in [1.165, 1.54) is 10.8 Å². The summed E-state index contributed by atoms with van der Waals surface area (Å²) in [5.74, 6) is 0.0624. The van der Waals surface area contributed by atoms with Gasteiger partial charge >= 0.3 is 19.4 Å².